The number of hydrogen-bond acceptors (Lipinski definition) is 6. The highest BCUT2D eigenvalue weighted by Crippen LogP contribution is 2.26. The monoisotopic (exact) mass is 430 g/mol. The van der Waals surface area contributed by atoms with Crippen molar-refractivity contribution < 1.29 is 22.4 Å². The number of carbonyl (C=O) groups excluding carboxylic acids is 1. The fourth-order valence-corrected chi connectivity index (χ4v) is 4.14. The van der Waals surface area contributed by atoms with Crippen molar-refractivity contribution in [3.05, 3.63) is 59.0 Å². The highest BCUT2D eigenvalue weighted by atomic mass is 32.2. The molecule has 0 fully saturated rings. The number of carbonyl (C=O) groups is 1. The van der Waals surface area contributed by atoms with Crippen LogP contribution in [0.2, 0.25) is 0 Å². The van der Waals surface area contributed by atoms with E-state index in [4.69, 9.17) is 14.1 Å². The zero-order valence-electron chi connectivity index (χ0n) is 17.6. The van der Waals surface area contributed by atoms with Gasteiger partial charge >= 0.3 is 5.97 Å². The fourth-order valence-electron chi connectivity index (χ4n) is 3.32. The van der Waals surface area contributed by atoms with E-state index in [9.17, 15) is 13.2 Å². The molecule has 2 aromatic heterocycles. The third-order valence-corrected chi connectivity index (χ3v) is 6.53. The molecule has 0 aliphatic heterocycles. The Balaban J connectivity index is 1.91. The predicted molar refractivity (Wildman–Crippen MR) is 114 cm³/mol. The van der Waals surface area contributed by atoms with E-state index in [1.165, 1.54) is 26.2 Å². The molecule has 0 aliphatic carbocycles. The third-order valence-electron chi connectivity index (χ3n) is 4.84. The summed E-state index contributed by atoms with van der Waals surface area (Å²) in [5.41, 5.74) is 3.06. The first-order valence-electron chi connectivity index (χ1n) is 9.88. The van der Waals surface area contributed by atoms with Gasteiger partial charge in [0.25, 0.3) is 10.0 Å². The Kier molecular flexibility index (Phi) is 6.58. The Bertz CT molecular complexity index is 1170. The average Bonchev–Trinajstić information content (AvgIpc) is 3.21. The van der Waals surface area contributed by atoms with E-state index >= 15 is 0 Å². The summed E-state index contributed by atoms with van der Waals surface area (Å²) in [4.78, 5) is 17.8. The number of furan rings is 1. The Labute approximate surface area is 176 Å². The quantitative estimate of drug-likeness (QED) is 0.503. The summed E-state index contributed by atoms with van der Waals surface area (Å²) < 4.78 is 36.3. The number of hydrogen-bond donors (Lipinski definition) is 0. The van der Waals surface area contributed by atoms with Gasteiger partial charge in [-0.25, -0.2) is 17.5 Å². The van der Waals surface area contributed by atoms with Gasteiger partial charge in [-0.05, 0) is 36.6 Å². The van der Waals surface area contributed by atoms with Crippen LogP contribution in [0.3, 0.4) is 0 Å². The van der Waals surface area contributed by atoms with Gasteiger partial charge < -0.3 is 9.15 Å². The van der Waals surface area contributed by atoms with Crippen molar-refractivity contribution in [3.63, 3.8) is 0 Å². The molecule has 0 saturated heterocycles. The average molecular weight is 431 g/mol. The predicted octanol–water partition coefficient (Wildman–Crippen LogP) is 3.95. The number of aryl methyl sites for hydroxylation is 1. The molecule has 0 radical (unpaired) electrons. The number of nitrogens with zero attached hydrogens (tertiary/aromatic N) is 2. The molecule has 160 valence electrons. The van der Waals surface area contributed by atoms with E-state index in [1.54, 1.807) is 0 Å². The molecule has 0 N–H and O–H groups in total. The number of ether oxygens (including phenoxy) is 1. The standard InChI is InChI=1S/C22H26N2O5S/c1-5-9-18-16(6-2)21(17-10-7-8-11-19(17)23-18)22(25)28-14-15-12-13-20(29-15)30(26,27)24(3)4/h7-8,10-13H,5-6,9,14H2,1-4H3. The second-order valence-corrected chi connectivity index (χ2v) is 9.20. The SMILES string of the molecule is CCCc1nc2ccccc2c(C(=O)OCc2ccc(S(=O)(=O)N(C)C)o2)c1CC. The summed E-state index contributed by atoms with van der Waals surface area (Å²) >= 11 is 0. The topological polar surface area (TPSA) is 89.7 Å². The fraction of sp³-hybridized carbons (Fsp3) is 0.364. The Morgan fingerprint density at radius 3 is 2.53 bits per heavy atom. The summed E-state index contributed by atoms with van der Waals surface area (Å²) in [7, 11) is -0.835. The smallest absolute Gasteiger partial charge is 0.339 e. The molecule has 2 heterocycles. The van der Waals surface area contributed by atoms with E-state index in [1.807, 2.05) is 31.2 Å². The van der Waals surface area contributed by atoms with Crippen LogP contribution in [0.25, 0.3) is 10.9 Å². The van der Waals surface area contributed by atoms with Gasteiger partial charge in [0.05, 0.1) is 11.1 Å². The third kappa shape index (κ3) is 4.24. The van der Waals surface area contributed by atoms with Gasteiger partial charge in [-0.15, -0.1) is 0 Å². The Hall–Kier alpha value is -2.71. The molecule has 1 aromatic carbocycles. The van der Waals surface area contributed by atoms with Gasteiger partial charge in [-0.3, -0.25) is 4.98 Å². The largest absolute Gasteiger partial charge is 0.454 e. The lowest BCUT2D eigenvalue weighted by Crippen LogP contribution is -2.21. The van der Waals surface area contributed by atoms with Crippen molar-refractivity contribution in [1.82, 2.24) is 9.29 Å². The molecule has 0 unspecified atom stereocenters. The van der Waals surface area contributed by atoms with E-state index in [0.717, 1.165) is 39.3 Å². The van der Waals surface area contributed by atoms with Crippen LogP contribution < -0.4 is 0 Å². The van der Waals surface area contributed by atoms with Gasteiger partial charge in [0.2, 0.25) is 5.09 Å². The highest BCUT2D eigenvalue weighted by molar-refractivity contribution is 7.88. The summed E-state index contributed by atoms with van der Waals surface area (Å²) in [6, 6.07) is 10.4. The van der Waals surface area contributed by atoms with Crippen molar-refractivity contribution in [3.8, 4) is 0 Å². The van der Waals surface area contributed by atoms with Crippen LogP contribution in [-0.4, -0.2) is 37.8 Å². The van der Waals surface area contributed by atoms with Gasteiger partial charge in [-0.1, -0.05) is 38.5 Å². The molecule has 0 spiro atoms. The lowest BCUT2D eigenvalue weighted by molar-refractivity contribution is 0.0441. The van der Waals surface area contributed by atoms with Crippen molar-refractivity contribution in [2.45, 2.75) is 44.8 Å². The molecule has 3 aromatic rings. The minimum Gasteiger partial charge on any atom is -0.454 e. The number of fused-ring (bicyclic) bond motifs is 1. The molecular formula is C22H26N2O5S. The molecule has 3 rings (SSSR count). The number of esters is 1. The molecule has 0 saturated carbocycles. The van der Waals surface area contributed by atoms with Crippen LogP contribution >= 0.6 is 0 Å². The Morgan fingerprint density at radius 2 is 1.87 bits per heavy atom. The van der Waals surface area contributed by atoms with Crippen molar-refractivity contribution in [1.29, 1.82) is 0 Å². The molecule has 0 amide bonds. The highest BCUT2D eigenvalue weighted by Gasteiger charge is 2.23. The van der Waals surface area contributed by atoms with Gasteiger partial charge in [0, 0.05) is 25.2 Å². The van der Waals surface area contributed by atoms with Gasteiger partial charge in [0.1, 0.15) is 12.4 Å². The van der Waals surface area contributed by atoms with Crippen LogP contribution in [0, 0.1) is 0 Å². The molecule has 0 aliphatic rings. The van der Waals surface area contributed by atoms with E-state index in [-0.39, 0.29) is 17.5 Å². The zero-order valence-corrected chi connectivity index (χ0v) is 18.5. The van der Waals surface area contributed by atoms with Crippen molar-refractivity contribution >= 4 is 26.9 Å². The van der Waals surface area contributed by atoms with Crippen LogP contribution in [0.15, 0.2) is 45.9 Å². The molecule has 8 heteroatoms. The van der Waals surface area contributed by atoms with Crippen LogP contribution in [0.4, 0.5) is 0 Å². The number of para-hydroxylation sites is 1. The second-order valence-electron chi connectivity index (χ2n) is 7.12. The Morgan fingerprint density at radius 1 is 1.13 bits per heavy atom. The summed E-state index contributed by atoms with van der Waals surface area (Å²) in [5.74, 6) is -0.217. The summed E-state index contributed by atoms with van der Waals surface area (Å²) in [5, 5.41) is 0.557. The van der Waals surface area contributed by atoms with Gasteiger partial charge in [-0.2, -0.15) is 0 Å². The second kappa shape index (κ2) is 8.97. The minimum atomic E-state index is -3.68. The number of sulfonamides is 1. The van der Waals surface area contributed by atoms with Crippen LogP contribution in [0.1, 0.15) is 47.6 Å². The maximum absolute atomic E-state index is 13.1. The molecule has 0 bridgehead atoms. The molecule has 7 nitrogen and oxygen atoms in total. The van der Waals surface area contributed by atoms with E-state index < -0.39 is 16.0 Å². The maximum atomic E-state index is 13.1. The van der Waals surface area contributed by atoms with Crippen molar-refractivity contribution in [2.24, 2.45) is 0 Å². The maximum Gasteiger partial charge on any atom is 0.339 e. The van der Waals surface area contributed by atoms with E-state index in [0.29, 0.717) is 12.0 Å². The normalized spacial score (nSPS) is 11.9. The first kappa shape index (κ1) is 22.0. The molecule has 0 atom stereocenters. The first-order valence-corrected chi connectivity index (χ1v) is 11.3. The minimum absolute atomic E-state index is 0.162. The van der Waals surface area contributed by atoms with Crippen LogP contribution in [0.5, 0.6) is 0 Å². The van der Waals surface area contributed by atoms with Gasteiger partial charge in [0.15, 0.2) is 0 Å². The van der Waals surface area contributed by atoms with Crippen molar-refractivity contribution in [2.75, 3.05) is 14.1 Å². The number of pyridine rings is 1. The summed E-state index contributed by atoms with van der Waals surface area (Å²) in [6.07, 6.45) is 2.35. The number of benzene rings is 1. The summed E-state index contributed by atoms with van der Waals surface area (Å²) in [6.45, 7) is 3.90. The lowest BCUT2D eigenvalue weighted by Gasteiger charge is -2.15. The number of rotatable bonds is 8. The lowest BCUT2D eigenvalue weighted by atomic mass is 9.96. The number of aromatic nitrogens is 1. The zero-order chi connectivity index (χ0) is 21.9. The van der Waals surface area contributed by atoms with E-state index in [2.05, 4.69) is 6.92 Å². The van der Waals surface area contributed by atoms with Crippen LogP contribution in [-0.2, 0) is 34.2 Å². The molecular weight excluding hydrogens is 404 g/mol. The molecule has 30 heavy (non-hydrogen) atoms. The first-order chi connectivity index (χ1) is 14.3.